The van der Waals surface area contributed by atoms with Crippen LogP contribution in [0.4, 0.5) is 0 Å². The SMILES string of the molecule is CC(OC(=O)/C=C/c1ccc(-c2ccccc2)s1)C(=O)N1CCCCCC1. The number of carbonyl (C=O) groups excluding carboxylic acids is 2. The molecule has 0 N–H and O–H groups in total. The van der Waals surface area contributed by atoms with Gasteiger partial charge >= 0.3 is 5.97 Å². The van der Waals surface area contributed by atoms with Crippen molar-refractivity contribution in [2.24, 2.45) is 0 Å². The summed E-state index contributed by atoms with van der Waals surface area (Å²) in [6.07, 6.45) is 6.75. The van der Waals surface area contributed by atoms with Crippen LogP contribution in [0.3, 0.4) is 0 Å². The summed E-state index contributed by atoms with van der Waals surface area (Å²) in [5.74, 6) is -0.582. The Morgan fingerprint density at radius 1 is 1.04 bits per heavy atom. The highest BCUT2D eigenvalue weighted by atomic mass is 32.1. The van der Waals surface area contributed by atoms with Crippen LogP contribution in [0.15, 0.2) is 48.5 Å². The van der Waals surface area contributed by atoms with Gasteiger partial charge in [-0.05, 0) is 43.5 Å². The zero-order valence-corrected chi connectivity index (χ0v) is 16.4. The summed E-state index contributed by atoms with van der Waals surface area (Å²) in [5, 5.41) is 0. The third kappa shape index (κ3) is 5.54. The molecule has 1 aromatic heterocycles. The average Bonchev–Trinajstić information content (AvgIpc) is 3.00. The number of ether oxygens (including phenoxy) is 1. The fourth-order valence-corrected chi connectivity index (χ4v) is 4.08. The number of benzene rings is 1. The summed E-state index contributed by atoms with van der Waals surface area (Å²) in [5.41, 5.74) is 1.15. The predicted octanol–water partition coefficient (Wildman–Crippen LogP) is 4.76. The first kappa shape index (κ1) is 19.4. The summed E-state index contributed by atoms with van der Waals surface area (Å²) < 4.78 is 5.31. The Bertz CT molecular complexity index is 789. The van der Waals surface area contributed by atoms with E-state index in [2.05, 4.69) is 12.1 Å². The second-order valence-corrected chi connectivity index (χ2v) is 7.84. The molecule has 0 aliphatic carbocycles. The van der Waals surface area contributed by atoms with Gasteiger partial charge in [0.25, 0.3) is 5.91 Å². The second-order valence-electron chi connectivity index (χ2n) is 6.72. The van der Waals surface area contributed by atoms with E-state index in [9.17, 15) is 9.59 Å². The van der Waals surface area contributed by atoms with E-state index in [1.54, 1.807) is 24.3 Å². The fourth-order valence-electron chi connectivity index (χ4n) is 3.16. The van der Waals surface area contributed by atoms with Crippen LogP contribution in [-0.2, 0) is 14.3 Å². The van der Waals surface area contributed by atoms with E-state index in [-0.39, 0.29) is 5.91 Å². The molecule has 0 spiro atoms. The molecule has 0 bridgehead atoms. The largest absolute Gasteiger partial charge is 0.449 e. The van der Waals surface area contributed by atoms with E-state index in [4.69, 9.17) is 4.74 Å². The van der Waals surface area contributed by atoms with Gasteiger partial charge in [0, 0.05) is 28.9 Å². The van der Waals surface area contributed by atoms with Gasteiger partial charge < -0.3 is 9.64 Å². The lowest BCUT2D eigenvalue weighted by molar-refractivity contribution is -0.155. The highest BCUT2D eigenvalue weighted by molar-refractivity contribution is 7.16. The van der Waals surface area contributed by atoms with Crippen molar-refractivity contribution < 1.29 is 14.3 Å². The molecular formula is C22H25NO3S. The fraction of sp³-hybridized carbons (Fsp3) is 0.364. The molecule has 1 atom stereocenters. The monoisotopic (exact) mass is 383 g/mol. The lowest BCUT2D eigenvalue weighted by atomic mass is 10.2. The maximum absolute atomic E-state index is 12.4. The van der Waals surface area contributed by atoms with Crippen LogP contribution in [0.2, 0.25) is 0 Å². The minimum Gasteiger partial charge on any atom is -0.449 e. The van der Waals surface area contributed by atoms with E-state index in [0.29, 0.717) is 0 Å². The van der Waals surface area contributed by atoms with Gasteiger partial charge in [0.1, 0.15) is 0 Å². The van der Waals surface area contributed by atoms with Crippen LogP contribution in [0.5, 0.6) is 0 Å². The summed E-state index contributed by atoms with van der Waals surface area (Å²) in [6.45, 7) is 3.17. The van der Waals surface area contributed by atoms with E-state index in [1.165, 1.54) is 6.08 Å². The summed E-state index contributed by atoms with van der Waals surface area (Å²) >= 11 is 1.61. The first-order chi connectivity index (χ1) is 13.1. The Balaban J connectivity index is 1.54. The highest BCUT2D eigenvalue weighted by Gasteiger charge is 2.23. The third-order valence-corrected chi connectivity index (χ3v) is 5.73. The van der Waals surface area contributed by atoms with Crippen LogP contribution in [0.25, 0.3) is 16.5 Å². The van der Waals surface area contributed by atoms with E-state index in [1.807, 2.05) is 35.2 Å². The molecule has 2 aromatic rings. The molecule has 0 radical (unpaired) electrons. The summed E-state index contributed by atoms with van der Waals surface area (Å²) in [6, 6.07) is 14.1. The number of amides is 1. The number of thiophene rings is 1. The Morgan fingerprint density at radius 2 is 1.74 bits per heavy atom. The molecule has 1 aromatic carbocycles. The maximum Gasteiger partial charge on any atom is 0.331 e. The zero-order chi connectivity index (χ0) is 19.1. The lowest BCUT2D eigenvalue weighted by Crippen LogP contribution is -2.40. The third-order valence-electron chi connectivity index (χ3n) is 4.63. The molecule has 1 aliphatic heterocycles. The van der Waals surface area contributed by atoms with Gasteiger partial charge in [0.05, 0.1) is 0 Å². The number of esters is 1. The molecule has 1 saturated heterocycles. The molecule has 142 valence electrons. The van der Waals surface area contributed by atoms with E-state index >= 15 is 0 Å². The van der Waals surface area contributed by atoms with Gasteiger partial charge in [-0.2, -0.15) is 0 Å². The van der Waals surface area contributed by atoms with Gasteiger partial charge in [-0.3, -0.25) is 4.79 Å². The standard InChI is InChI=1S/C22H25NO3S/c1-17(22(25)23-15-7-2-3-8-16-23)26-21(24)14-12-19-11-13-20(27-19)18-9-5-4-6-10-18/h4-6,9-14,17H,2-3,7-8,15-16H2,1H3/b14-12+. The molecule has 1 amide bonds. The summed E-state index contributed by atoms with van der Waals surface area (Å²) in [4.78, 5) is 28.5. The van der Waals surface area contributed by atoms with Gasteiger partial charge in [0.15, 0.2) is 6.10 Å². The van der Waals surface area contributed by atoms with Crippen molar-refractivity contribution >= 4 is 29.3 Å². The van der Waals surface area contributed by atoms with Crippen molar-refractivity contribution in [3.05, 3.63) is 53.4 Å². The minimum atomic E-state index is -0.747. The van der Waals surface area contributed by atoms with Crippen LogP contribution in [-0.4, -0.2) is 36.0 Å². The van der Waals surface area contributed by atoms with Crippen molar-refractivity contribution in [1.82, 2.24) is 4.90 Å². The van der Waals surface area contributed by atoms with Gasteiger partial charge in [-0.1, -0.05) is 43.2 Å². The molecular weight excluding hydrogens is 358 g/mol. The van der Waals surface area contributed by atoms with Gasteiger partial charge in [0.2, 0.25) is 0 Å². The van der Waals surface area contributed by atoms with Gasteiger partial charge in [-0.25, -0.2) is 4.79 Å². The maximum atomic E-state index is 12.4. The molecule has 4 nitrogen and oxygen atoms in total. The number of carbonyl (C=O) groups is 2. The Labute approximate surface area is 164 Å². The first-order valence-electron chi connectivity index (χ1n) is 9.46. The quantitative estimate of drug-likeness (QED) is 0.552. The molecule has 5 heteroatoms. The second kappa shape index (κ2) is 9.51. The molecule has 1 fully saturated rings. The van der Waals surface area contributed by atoms with Crippen molar-refractivity contribution in [2.75, 3.05) is 13.1 Å². The number of hydrogen-bond acceptors (Lipinski definition) is 4. The van der Waals surface area contributed by atoms with Crippen molar-refractivity contribution in [3.63, 3.8) is 0 Å². The van der Waals surface area contributed by atoms with E-state index < -0.39 is 12.1 Å². The number of rotatable bonds is 5. The molecule has 3 rings (SSSR count). The molecule has 0 saturated carbocycles. The Hall–Kier alpha value is -2.40. The predicted molar refractivity (Wildman–Crippen MR) is 109 cm³/mol. The van der Waals surface area contributed by atoms with Crippen molar-refractivity contribution in [3.8, 4) is 10.4 Å². The highest BCUT2D eigenvalue weighted by Crippen LogP contribution is 2.28. The Morgan fingerprint density at radius 3 is 2.44 bits per heavy atom. The van der Waals surface area contributed by atoms with Crippen LogP contribution in [0, 0.1) is 0 Å². The van der Waals surface area contributed by atoms with E-state index in [0.717, 1.165) is 54.1 Å². The summed E-state index contributed by atoms with van der Waals surface area (Å²) in [7, 11) is 0. The topological polar surface area (TPSA) is 46.6 Å². The lowest BCUT2D eigenvalue weighted by Gasteiger charge is -2.23. The molecule has 1 unspecified atom stereocenters. The zero-order valence-electron chi connectivity index (χ0n) is 15.6. The molecule has 27 heavy (non-hydrogen) atoms. The number of nitrogens with zero attached hydrogens (tertiary/aromatic N) is 1. The van der Waals surface area contributed by atoms with Crippen LogP contribution >= 0.6 is 11.3 Å². The first-order valence-corrected chi connectivity index (χ1v) is 10.3. The normalized spacial score (nSPS) is 16.1. The minimum absolute atomic E-state index is 0.0962. The molecule has 1 aliphatic rings. The van der Waals surface area contributed by atoms with Crippen LogP contribution in [0.1, 0.15) is 37.5 Å². The van der Waals surface area contributed by atoms with Crippen molar-refractivity contribution in [1.29, 1.82) is 0 Å². The average molecular weight is 384 g/mol. The van der Waals surface area contributed by atoms with Gasteiger partial charge in [-0.15, -0.1) is 11.3 Å². The smallest absolute Gasteiger partial charge is 0.331 e. The number of likely N-dealkylation sites (tertiary alicyclic amines) is 1. The molecule has 2 heterocycles. The van der Waals surface area contributed by atoms with Crippen molar-refractivity contribution in [2.45, 2.75) is 38.7 Å². The number of hydrogen-bond donors (Lipinski definition) is 0. The van der Waals surface area contributed by atoms with Crippen LogP contribution < -0.4 is 0 Å². The Kier molecular flexibility index (Phi) is 6.82.